The van der Waals surface area contributed by atoms with Crippen molar-refractivity contribution < 1.29 is 4.79 Å². The van der Waals surface area contributed by atoms with Gasteiger partial charge in [0, 0.05) is 0 Å². The maximum absolute atomic E-state index is 12.2. The fraction of sp³-hybridized carbons (Fsp3) is 0.385. The number of aliphatic imine (C=N–C) groups is 1. The van der Waals surface area contributed by atoms with Crippen LogP contribution in [0.4, 0.5) is 5.69 Å². The molecule has 0 bridgehead atoms. The van der Waals surface area contributed by atoms with Gasteiger partial charge in [0.25, 0.3) is 5.91 Å². The van der Waals surface area contributed by atoms with E-state index in [1.807, 2.05) is 43.5 Å². The molecule has 0 aliphatic carbocycles. The molecule has 0 unspecified atom stereocenters. The van der Waals surface area contributed by atoms with Gasteiger partial charge in [-0.1, -0.05) is 18.2 Å². The minimum absolute atomic E-state index is 0.0328. The molecule has 1 aromatic rings. The minimum atomic E-state index is -0.228. The third-order valence-electron chi connectivity index (χ3n) is 2.78. The van der Waals surface area contributed by atoms with E-state index in [0.29, 0.717) is 0 Å². The summed E-state index contributed by atoms with van der Waals surface area (Å²) in [5.41, 5.74) is 3.99. The molecule has 1 atom stereocenters. The van der Waals surface area contributed by atoms with Crippen LogP contribution in [0.5, 0.6) is 0 Å². The molecule has 5 heteroatoms. The first-order valence-corrected chi connectivity index (χ1v) is 7.31. The summed E-state index contributed by atoms with van der Waals surface area (Å²) in [7, 11) is 0. The van der Waals surface area contributed by atoms with Crippen molar-refractivity contribution in [3.8, 4) is 0 Å². The molecule has 96 valence electrons. The van der Waals surface area contributed by atoms with Gasteiger partial charge in [-0.15, -0.1) is 0 Å². The zero-order valence-corrected chi connectivity index (χ0v) is 11.4. The quantitative estimate of drug-likeness (QED) is 0.887. The first-order chi connectivity index (χ1) is 8.72. The first-order valence-electron chi connectivity index (χ1n) is 5.91. The number of para-hydroxylation sites is 1. The van der Waals surface area contributed by atoms with E-state index in [2.05, 4.69) is 10.4 Å². The molecule has 1 amide bonds. The summed E-state index contributed by atoms with van der Waals surface area (Å²) >= 11 is 1.74. The lowest BCUT2D eigenvalue weighted by Crippen LogP contribution is -2.38. The number of amidine groups is 1. The number of carbonyl (C=O) groups excluding carboxylic acids is 1. The second-order valence-electron chi connectivity index (χ2n) is 4.13. The molecule has 0 aromatic heterocycles. The Balaban J connectivity index is 2.02. The van der Waals surface area contributed by atoms with Crippen LogP contribution in [0, 0.1) is 0 Å². The number of amides is 1. The minimum Gasteiger partial charge on any atom is -0.290 e. The summed E-state index contributed by atoms with van der Waals surface area (Å²) in [6, 6.07) is 9.43. The van der Waals surface area contributed by atoms with Crippen LogP contribution in [-0.4, -0.2) is 34.8 Å². The van der Waals surface area contributed by atoms with Gasteiger partial charge in [-0.3, -0.25) is 15.2 Å². The van der Waals surface area contributed by atoms with Gasteiger partial charge in [0.15, 0.2) is 0 Å². The van der Waals surface area contributed by atoms with Crippen molar-refractivity contribution in [2.24, 2.45) is 4.99 Å². The lowest BCUT2D eigenvalue weighted by Gasteiger charge is -2.19. The van der Waals surface area contributed by atoms with Gasteiger partial charge in [0.1, 0.15) is 11.9 Å². The first kappa shape index (κ1) is 13.0. The highest BCUT2D eigenvalue weighted by Crippen LogP contribution is 2.17. The summed E-state index contributed by atoms with van der Waals surface area (Å²) < 4.78 is 0. The predicted octanol–water partition coefficient (Wildman–Crippen LogP) is 2.40. The Morgan fingerprint density at radius 3 is 2.78 bits per heavy atom. The number of hydrogen-bond donors (Lipinski definition) is 1. The lowest BCUT2D eigenvalue weighted by atomic mass is 10.2. The van der Waals surface area contributed by atoms with Crippen LogP contribution in [0.3, 0.4) is 0 Å². The Hall–Kier alpha value is -1.49. The average Bonchev–Trinajstić information content (AvgIpc) is 2.65. The molecule has 1 aliphatic rings. The number of benzene rings is 1. The Morgan fingerprint density at radius 2 is 2.11 bits per heavy atom. The average molecular weight is 263 g/mol. The number of hydrogen-bond acceptors (Lipinski definition) is 4. The SMILES string of the molecule is CSCC[C@@H]1N=C(C)N(Nc2ccccc2)C1=O. The standard InChI is InChI=1S/C13H17N3OS/c1-10-14-12(8-9-18-2)13(17)16(10)15-11-6-4-3-5-7-11/h3-7,12,15H,8-9H2,1-2H3/t12-/m0/s1. The molecule has 0 radical (unpaired) electrons. The molecule has 0 fully saturated rings. The highest BCUT2D eigenvalue weighted by atomic mass is 32.2. The van der Waals surface area contributed by atoms with Crippen LogP contribution in [0.25, 0.3) is 0 Å². The Bertz CT molecular complexity index is 447. The zero-order valence-electron chi connectivity index (χ0n) is 10.6. The molecule has 0 spiro atoms. The van der Waals surface area contributed by atoms with E-state index < -0.39 is 0 Å². The van der Waals surface area contributed by atoms with Crippen molar-refractivity contribution in [1.29, 1.82) is 0 Å². The highest BCUT2D eigenvalue weighted by molar-refractivity contribution is 7.98. The molecule has 1 heterocycles. The van der Waals surface area contributed by atoms with Gasteiger partial charge in [0.2, 0.25) is 0 Å². The van der Waals surface area contributed by atoms with Crippen molar-refractivity contribution in [1.82, 2.24) is 5.01 Å². The molecule has 18 heavy (non-hydrogen) atoms. The van der Waals surface area contributed by atoms with Crippen LogP contribution >= 0.6 is 11.8 Å². The van der Waals surface area contributed by atoms with Gasteiger partial charge < -0.3 is 0 Å². The topological polar surface area (TPSA) is 44.7 Å². The number of rotatable bonds is 5. The third-order valence-corrected chi connectivity index (χ3v) is 3.43. The van der Waals surface area contributed by atoms with Gasteiger partial charge in [0.05, 0.1) is 5.69 Å². The van der Waals surface area contributed by atoms with E-state index in [1.54, 1.807) is 16.8 Å². The van der Waals surface area contributed by atoms with Gasteiger partial charge in [-0.05, 0) is 37.5 Å². The van der Waals surface area contributed by atoms with Crippen molar-refractivity contribution in [2.45, 2.75) is 19.4 Å². The maximum Gasteiger partial charge on any atom is 0.271 e. The van der Waals surface area contributed by atoms with Crippen LogP contribution in [0.2, 0.25) is 0 Å². The lowest BCUT2D eigenvalue weighted by molar-refractivity contribution is -0.126. The summed E-state index contributed by atoms with van der Waals surface area (Å²) in [4.78, 5) is 16.6. The summed E-state index contributed by atoms with van der Waals surface area (Å²) in [6.07, 6.45) is 2.83. The summed E-state index contributed by atoms with van der Waals surface area (Å²) in [5, 5.41) is 1.54. The van der Waals surface area contributed by atoms with E-state index in [4.69, 9.17) is 0 Å². The zero-order chi connectivity index (χ0) is 13.0. The molecule has 0 saturated carbocycles. The monoisotopic (exact) mass is 263 g/mol. The van der Waals surface area contributed by atoms with E-state index >= 15 is 0 Å². The van der Waals surface area contributed by atoms with E-state index in [-0.39, 0.29) is 11.9 Å². The van der Waals surface area contributed by atoms with Crippen molar-refractivity contribution in [3.05, 3.63) is 30.3 Å². The number of thioether (sulfide) groups is 1. The molecule has 1 aliphatic heterocycles. The summed E-state index contributed by atoms with van der Waals surface area (Å²) in [6.45, 7) is 1.85. The van der Waals surface area contributed by atoms with Crippen molar-refractivity contribution in [2.75, 3.05) is 17.4 Å². The van der Waals surface area contributed by atoms with E-state index in [9.17, 15) is 4.79 Å². The molecule has 1 aromatic carbocycles. The van der Waals surface area contributed by atoms with E-state index in [1.165, 1.54) is 0 Å². The second-order valence-corrected chi connectivity index (χ2v) is 5.11. The smallest absolute Gasteiger partial charge is 0.271 e. The molecule has 4 nitrogen and oxygen atoms in total. The van der Waals surface area contributed by atoms with Gasteiger partial charge in [-0.25, -0.2) is 5.01 Å². The Kier molecular flexibility index (Phi) is 4.25. The molecule has 2 rings (SSSR count). The molecular weight excluding hydrogens is 246 g/mol. The predicted molar refractivity (Wildman–Crippen MR) is 76.8 cm³/mol. The number of nitrogens with zero attached hydrogens (tertiary/aromatic N) is 2. The van der Waals surface area contributed by atoms with Crippen LogP contribution in [-0.2, 0) is 4.79 Å². The molecule has 0 saturated heterocycles. The number of hydrazine groups is 1. The van der Waals surface area contributed by atoms with Crippen LogP contribution in [0.15, 0.2) is 35.3 Å². The molecule has 1 N–H and O–H groups in total. The highest BCUT2D eigenvalue weighted by Gasteiger charge is 2.32. The number of nitrogens with one attached hydrogen (secondary N) is 1. The fourth-order valence-corrected chi connectivity index (χ4v) is 2.30. The van der Waals surface area contributed by atoms with Gasteiger partial charge in [-0.2, -0.15) is 11.8 Å². The van der Waals surface area contributed by atoms with Crippen molar-refractivity contribution in [3.63, 3.8) is 0 Å². The number of carbonyl (C=O) groups is 1. The summed E-state index contributed by atoms with van der Waals surface area (Å²) in [5.74, 6) is 1.71. The van der Waals surface area contributed by atoms with Crippen LogP contribution in [0.1, 0.15) is 13.3 Å². The van der Waals surface area contributed by atoms with Gasteiger partial charge >= 0.3 is 0 Å². The maximum atomic E-state index is 12.2. The second kappa shape index (κ2) is 5.91. The largest absolute Gasteiger partial charge is 0.290 e. The van der Waals surface area contributed by atoms with Crippen molar-refractivity contribution >= 4 is 29.2 Å². The number of anilines is 1. The third kappa shape index (κ3) is 2.85. The van der Waals surface area contributed by atoms with E-state index in [0.717, 1.165) is 23.7 Å². The van der Waals surface area contributed by atoms with Crippen LogP contribution < -0.4 is 5.43 Å². The normalized spacial score (nSPS) is 19.0. The Labute approximate surface area is 111 Å². The Morgan fingerprint density at radius 1 is 1.39 bits per heavy atom. The molecular formula is C13H17N3OS. The fourth-order valence-electron chi connectivity index (χ4n) is 1.84.